The van der Waals surface area contributed by atoms with Crippen LogP contribution in [-0.4, -0.2) is 16.7 Å². The van der Waals surface area contributed by atoms with E-state index < -0.39 is 5.91 Å². The van der Waals surface area contributed by atoms with Crippen LogP contribution in [0.3, 0.4) is 0 Å². The van der Waals surface area contributed by atoms with Crippen molar-refractivity contribution in [3.63, 3.8) is 0 Å². The SMILES string of the molecule is NC(=O)c1ccc(Oc2ccc3c(c2)CCCC3=O)nc1. The average molecular weight is 282 g/mol. The highest BCUT2D eigenvalue weighted by Gasteiger charge is 2.17. The molecule has 0 saturated carbocycles. The Hall–Kier alpha value is -2.69. The van der Waals surface area contributed by atoms with Gasteiger partial charge in [0.25, 0.3) is 0 Å². The lowest BCUT2D eigenvalue weighted by atomic mass is 9.91. The Morgan fingerprint density at radius 1 is 1.19 bits per heavy atom. The van der Waals surface area contributed by atoms with Crippen molar-refractivity contribution in [2.75, 3.05) is 0 Å². The highest BCUT2D eigenvalue weighted by Crippen LogP contribution is 2.27. The molecule has 0 saturated heterocycles. The summed E-state index contributed by atoms with van der Waals surface area (Å²) in [5.74, 6) is 0.665. The molecule has 0 spiro atoms. The fraction of sp³-hybridized carbons (Fsp3) is 0.188. The third-order valence-electron chi connectivity index (χ3n) is 3.47. The van der Waals surface area contributed by atoms with Crippen LogP contribution in [-0.2, 0) is 6.42 Å². The standard InChI is InChI=1S/C16H14N2O3/c17-16(20)11-4-7-15(18-9-11)21-12-5-6-13-10(8-12)2-1-3-14(13)19/h4-9H,1-3H2,(H2,17,20). The monoisotopic (exact) mass is 282 g/mol. The highest BCUT2D eigenvalue weighted by molar-refractivity contribution is 5.98. The second-order valence-corrected chi connectivity index (χ2v) is 4.95. The summed E-state index contributed by atoms with van der Waals surface area (Å²) in [5, 5.41) is 0. The van der Waals surface area contributed by atoms with E-state index in [1.165, 1.54) is 6.20 Å². The Kier molecular flexibility index (Phi) is 3.39. The quantitative estimate of drug-likeness (QED) is 0.937. The van der Waals surface area contributed by atoms with Crippen LogP contribution >= 0.6 is 0 Å². The number of hydrogen-bond donors (Lipinski definition) is 1. The number of aromatic nitrogens is 1. The second-order valence-electron chi connectivity index (χ2n) is 4.95. The van der Waals surface area contributed by atoms with Crippen molar-refractivity contribution < 1.29 is 14.3 Å². The maximum absolute atomic E-state index is 11.8. The molecule has 0 fully saturated rings. The van der Waals surface area contributed by atoms with E-state index >= 15 is 0 Å². The van der Waals surface area contributed by atoms with Crippen LogP contribution in [0.15, 0.2) is 36.5 Å². The van der Waals surface area contributed by atoms with E-state index in [-0.39, 0.29) is 5.78 Å². The van der Waals surface area contributed by atoms with Crippen LogP contribution in [0.4, 0.5) is 0 Å². The summed E-state index contributed by atoms with van der Waals surface area (Å²) in [6.07, 6.45) is 3.75. The van der Waals surface area contributed by atoms with Crippen LogP contribution in [0.25, 0.3) is 0 Å². The zero-order valence-electron chi connectivity index (χ0n) is 11.3. The number of nitrogens with two attached hydrogens (primary N) is 1. The van der Waals surface area contributed by atoms with Gasteiger partial charge in [0.1, 0.15) is 5.75 Å². The first-order chi connectivity index (χ1) is 10.1. The van der Waals surface area contributed by atoms with E-state index in [1.807, 2.05) is 6.07 Å². The van der Waals surface area contributed by atoms with Crippen molar-refractivity contribution in [3.05, 3.63) is 53.2 Å². The Morgan fingerprint density at radius 2 is 2.05 bits per heavy atom. The van der Waals surface area contributed by atoms with Crippen LogP contribution in [0.5, 0.6) is 11.6 Å². The summed E-state index contributed by atoms with van der Waals surface area (Å²) < 4.78 is 5.64. The minimum Gasteiger partial charge on any atom is -0.439 e. The summed E-state index contributed by atoms with van der Waals surface area (Å²) in [7, 11) is 0. The van der Waals surface area contributed by atoms with Crippen molar-refractivity contribution in [3.8, 4) is 11.6 Å². The number of primary amides is 1. The third kappa shape index (κ3) is 2.76. The predicted molar refractivity (Wildman–Crippen MR) is 76.5 cm³/mol. The minimum atomic E-state index is -0.527. The molecule has 1 amide bonds. The fourth-order valence-corrected chi connectivity index (χ4v) is 2.39. The van der Waals surface area contributed by atoms with E-state index in [1.54, 1.807) is 24.3 Å². The molecule has 1 heterocycles. The summed E-state index contributed by atoms with van der Waals surface area (Å²) in [5.41, 5.74) is 7.28. The Morgan fingerprint density at radius 3 is 2.76 bits per heavy atom. The van der Waals surface area contributed by atoms with E-state index in [2.05, 4.69) is 4.98 Å². The molecule has 1 aromatic heterocycles. The molecular weight excluding hydrogens is 268 g/mol. The minimum absolute atomic E-state index is 0.187. The van der Waals surface area contributed by atoms with Crippen molar-refractivity contribution >= 4 is 11.7 Å². The van der Waals surface area contributed by atoms with Gasteiger partial charge in [-0.1, -0.05) is 0 Å². The average Bonchev–Trinajstić information content (AvgIpc) is 2.48. The lowest BCUT2D eigenvalue weighted by molar-refractivity contribution is 0.0970. The molecule has 5 nitrogen and oxygen atoms in total. The number of amides is 1. The van der Waals surface area contributed by atoms with E-state index in [4.69, 9.17) is 10.5 Å². The van der Waals surface area contributed by atoms with Gasteiger partial charge in [-0.05, 0) is 42.7 Å². The van der Waals surface area contributed by atoms with E-state index in [0.29, 0.717) is 23.6 Å². The molecule has 1 aliphatic carbocycles. The maximum Gasteiger partial charge on any atom is 0.250 e. The number of fused-ring (bicyclic) bond motifs is 1. The first-order valence-corrected chi connectivity index (χ1v) is 6.73. The largest absolute Gasteiger partial charge is 0.439 e. The molecule has 21 heavy (non-hydrogen) atoms. The summed E-state index contributed by atoms with van der Waals surface area (Å²) >= 11 is 0. The number of benzene rings is 1. The number of ketones is 1. The van der Waals surface area contributed by atoms with Gasteiger partial charge in [-0.25, -0.2) is 4.98 Å². The summed E-state index contributed by atoms with van der Waals surface area (Å²) in [6.45, 7) is 0. The van der Waals surface area contributed by atoms with Crippen LogP contribution in [0.1, 0.15) is 39.1 Å². The number of nitrogens with zero attached hydrogens (tertiary/aromatic N) is 1. The lowest BCUT2D eigenvalue weighted by Crippen LogP contribution is -2.11. The van der Waals surface area contributed by atoms with Crippen molar-refractivity contribution in [2.45, 2.75) is 19.3 Å². The van der Waals surface area contributed by atoms with Crippen LogP contribution in [0.2, 0.25) is 0 Å². The van der Waals surface area contributed by atoms with Crippen molar-refractivity contribution in [1.29, 1.82) is 0 Å². The van der Waals surface area contributed by atoms with Gasteiger partial charge in [0.05, 0.1) is 5.56 Å². The van der Waals surface area contributed by atoms with Gasteiger partial charge in [-0.15, -0.1) is 0 Å². The first kappa shape index (κ1) is 13.3. The number of hydrogen-bond acceptors (Lipinski definition) is 4. The molecule has 0 radical (unpaired) electrons. The number of rotatable bonds is 3. The molecule has 5 heteroatoms. The van der Waals surface area contributed by atoms with E-state index in [0.717, 1.165) is 24.0 Å². The molecular formula is C16H14N2O3. The lowest BCUT2D eigenvalue weighted by Gasteiger charge is -2.15. The zero-order valence-corrected chi connectivity index (χ0v) is 11.3. The molecule has 0 aliphatic heterocycles. The second kappa shape index (κ2) is 5.36. The zero-order chi connectivity index (χ0) is 14.8. The summed E-state index contributed by atoms with van der Waals surface area (Å²) in [6, 6.07) is 8.57. The predicted octanol–water partition coefficient (Wildman–Crippen LogP) is 2.49. The Labute approximate surface area is 121 Å². The normalized spacial score (nSPS) is 13.6. The molecule has 2 N–H and O–H groups in total. The van der Waals surface area contributed by atoms with Crippen LogP contribution in [0, 0.1) is 0 Å². The number of pyridine rings is 1. The fourth-order valence-electron chi connectivity index (χ4n) is 2.39. The third-order valence-corrected chi connectivity index (χ3v) is 3.47. The number of Topliss-reactive ketones (excluding diaryl/α,β-unsaturated/α-hetero) is 1. The molecule has 1 aromatic carbocycles. The molecule has 0 atom stereocenters. The van der Waals surface area contributed by atoms with Gasteiger partial charge < -0.3 is 10.5 Å². The number of carbonyl (C=O) groups excluding carboxylic acids is 2. The molecule has 1 aliphatic rings. The first-order valence-electron chi connectivity index (χ1n) is 6.73. The molecule has 106 valence electrons. The maximum atomic E-state index is 11.8. The van der Waals surface area contributed by atoms with Gasteiger partial charge in [-0.2, -0.15) is 0 Å². The highest BCUT2D eigenvalue weighted by atomic mass is 16.5. The van der Waals surface area contributed by atoms with Gasteiger partial charge >= 0.3 is 0 Å². The molecule has 3 rings (SSSR count). The van der Waals surface area contributed by atoms with E-state index in [9.17, 15) is 9.59 Å². The van der Waals surface area contributed by atoms with Crippen molar-refractivity contribution in [1.82, 2.24) is 4.98 Å². The molecule has 0 bridgehead atoms. The number of aryl methyl sites for hydroxylation is 1. The van der Waals surface area contributed by atoms with Gasteiger partial charge in [0, 0.05) is 24.2 Å². The number of ether oxygens (including phenoxy) is 1. The van der Waals surface area contributed by atoms with Gasteiger partial charge in [0.2, 0.25) is 11.8 Å². The topological polar surface area (TPSA) is 82.3 Å². The molecule has 0 unspecified atom stereocenters. The van der Waals surface area contributed by atoms with Crippen molar-refractivity contribution in [2.24, 2.45) is 5.73 Å². The molecule has 2 aromatic rings. The van der Waals surface area contributed by atoms with Crippen LogP contribution < -0.4 is 10.5 Å². The Balaban J connectivity index is 1.82. The van der Waals surface area contributed by atoms with Gasteiger partial charge in [-0.3, -0.25) is 9.59 Å². The summed E-state index contributed by atoms with van der Waals surface area (Å²) in [4.78, 5) is 26.8. The van der Waals surface area contributed by atoms with Gasteiger partial charge in [0.15, 0.2) is 5.78 Å². The smallest absolute Gasteiger partial charge is 0.250 e. The number of carbonyl (C=O) groups is 2. The Bertz CT molecular complexity index is 708.